The number of piperazine rings is 1. The van der Waals surface area contributed by atoms with Crippen LogP contribution in [-0.4, -0.2) is 67.3 Å². The van der Waals surface area contributed by atoms with Crippen LogP contribution < -0.4 is 20.7 Å². The highest BCUT2D eigenvalue weighted by molar-refractivity contribution is 7.17. The number of nitrogen functional groups attached to an aromatic ring is 1. The fourth-order valence-electron chi connectivity index (χ4n) is 6.44. The number of nitrogens with two attached hydrogens (primary N) is 1. The Morgan fingerprint density at radius 1 is 1.14 bits per heavy atom. The van der Waals surface area contributed by atoms with Gasteiger partial charge in [0.15, 0.2) is 5.82 Å². The number of nitrogens with one attached hydrogen (secondary N) is 1. The van der Waals surface area contributed by atoms with Crippen molar-refractivity contribution in [3.05, 3.63) is 40.5 Å². The molecule has 2 bridgehead atoms. The van der Waals surface area contributed by atoms with E-state index in [1.807, 2.05) is 11.0 Å². The van der Waals surface area contributed by atoms with Crippen LogP contribution in [0.15, 0.2) is 23.6 Å². The van der Waals surface area contributed by atoms with Crippen LogP contribution in [0.25, 0.3) is 32.1 Å². The van der Waals surface area contributed by atoms with Gasteiger partial charge in [0.2, 0.25) is 0 Å². The van der Waals surface area contributed by atoms with Crippen LogP contribution in [0, 0.1) is 23.1 Å². The SMILES string of the molecule is CC1CN(C)C1.COc1nc(N2CC3CCC(C2)N3)c2cc(C(F)(F)F)c(-c3csc4ccc(N)c(C#N)c34)c(F)c2n1. The molecule has 7 rings (SSSR count). The number of thiophene rings is 1. The van der Waals surface area contributed by atoms with Gasteiger partial charge in [-0.15, -0.1) is 11.3 Å². The molecular weight excluding hydrogens is 582 g/mol. The Morgan fingerprint density at radius 2 is 1.84 bits per heavy atom. The Hall–Kier alpha value is -3.73. The normalized spacial score (nSPS) is 20.6. The van der Waals surface area contributed by atoms with E-state index in [-0.39, 0.29) is 57.0 Å². The van der Waals surface area contributed by atoms with Crippen LogP contribution in [0.3, 0.4) is 0 Å². The summed E-state index contributed by atoms with van der Waals surface area (Å²) in [6, 6.07) is 6.18. The maximum absolute atomic E-state index is 16.3. The molecule has 0 aliphatic carbocycles. The van der Waals surface area contributed by atoms with Crippen molar-refractivity contribution in [1.29, 1.82) is 5.26 Å². The maximum Gasteiger partial charge on any atom is 0.417 e. The lowest BCUT2D eigenvalue weighted by molar-refractivity contribution is -0.137. The number of nitriles is 1. The molecule has 2 unspecified atom stereocenters. The lowest BCUT2D eigenvalue weighted by atomic mass is 9.93. The lowest BCUT2D eigenvalue weighted by Gasteiger charge is -2.34. The highest BCUT2D eigenvalue weighted by Crippen LogP contribution is 2.47. The zero-order chi connectivity index (χ0) is 30.6. The molecule has 8 nitrogen and oxygen atoms in total. The van der Waals surface area contributed by atoms with Gasteiger partial charge < -0.3 is 25.6 Å². The molecule has 2 atom stereocenters. The minimum Gasteiger partial charge on any atom is -0.467 e. The van der Waals surface area contributed by atoms with Crippen LogP contribution >= 0.6 is 11.3 Å². The van der Waals surface area contributed by atoms with Crippen LogP contribution in [0.4, 0.5) is 29.1 Å². The fraction of sp³-hybridized carbons (Fsp3) is 0.433. The summed E-state index contributed by atoms with van der Waals surface area (Å²) in [5, 5.41) is 14.7. The summed E-state index contributed by atoms with van der Waals surface area (Å²) in [4.78, 5) is 12.7. The summed E-state index contributed by atoms with van der Waals surface area (Å²) in [6.07, 6.45) is -3.00. The number of likely N-dealkylation sites (tertiary alicyclic amines) is 1. The predicted molar refractivity (Wildman–Crippen MR) is 160 cm³/mol. The third kappa shape index (κ3) is 5.32. The van der Waals surface area contributed by atoms with E-state index < -0.39 is 23.1 Å². The molecule has 43 heavy (non-hydrogen) atoms. The van der Waals surface area contributed by atoms with Crippen molar-refractivity contribution in [2.45, 2.75) is 38.0 Å². The molecule has 0 amide bonds. The van der Waals surface area contributed by atoms with Gasteiger partial charge in [0.05, 0.1) is 23.9 Å². The topological polar surface area (TPSA) is 103 Å². The van der Waals surface area contributed by atoms with E-state index in [0.29, 0.717) is 17.8 Å². The van der Waals surface area contributed by atoms with Gasteiger partial charge in [0.25, 0.3) is 0 Å². The second-order valence-corrected chi connectivity index (χ2v) is 12.5. The number of ether oxygens (including phenoxy) is 1. The quantitative estimate of drug-likeness (QED) is 0.226. The molecule has 13 heteroatoms. The number of aromatic nitrogens is 2. The summed E-state index contributed by atoms with van der Waals surface area (Å²) in [5.74, 6) is 0.0132. The van der Waals surface area contributed by atoms with Crippen molar-refractivity contribution in [2.24, 2.45) is 5.92 Å². The van der Waals surface area contributed by atoms with Gasteiger partial charge in [-0.25, -0.2) is 4.39 Å². The van der Waals surface area contributed by atoms with E-state index in [4.69, 9.17) is 10.5 Å². The predicted octanol–water partition coefficient (Wildman–Crippen LogP) is 5.64. The van der Waals surface area contributed by atoms with E-state index >= 15 is 4.39 Å². The largest absolute Gasteiger partial charge is 0.467 e. The van der Waals surface area contributed by atoms with E-state index in [1.165, 1.54) is 31.6 Å². The maximum atomic E-state index is 16.3. The average Bonchev–Trinajstić information content (AvgIpc) is 3.53. The van der Waals surface area contributed by atoms with E-state index in [2.05, 4.69) is 34.2 Å². The number of rotatable bonds is 3. The lowest BCUT2D eigenvalue weighted by Crippen LogP contribution is -2.51. The van der Waals surface area contributed by atoms with Crippen molar-refractivity contribution >= 4 is 43.8 Å². The van der Waals surface area contributed by atoms with Gasteiger partial charge in [0.1, 0.15) is 17.4 Å². The number of anilines is 2. The van der Waals surface area contributed by atoms with Gasteiger partial charge >= 0.3 is 12.2 Å². The van der Waals surface area contributed by atoms with Crippen LogP contribution in [-0.2, 0) is 6.18 Å². The first-order valence-corrected chi connectivity index (χ1v) is 14.9. The number of hydrogen-bond donors (Lipinski definition) is 2. The smallest absolute Gasteiger partial charge is 0.417 e. The van der Waals surface area contributed by atoms with E-state index in [9.17, 15) is 18.4 Å². The van der Waals surface area contributed by atoms with Crippen molar-refractivity contribution in [3.8, 4) is 23.2 Å². The van der Waals surface area contributed by atoms with Crippen LogP contribution in [0.2, 0.25) is 0 Å². The Kier molecular flexibility index (Phi) is 7.56. The summed E-state index contributed by atoms with van der Waals surface area (Å²) in [7, 11) is 3.48. The Balaban J connectivity index is 0.000000491. The third-order valence-electron chi connectivity index (χ3n) is 8.29. The molecule has 0 saturated carbocycles. The highest BCUT2D eigenvalue weighted by Gasteiger charge is 2.39. The molecule has 226 valence electrons. The first-order chi connectivity index (χ1) is 20.5. The summed E-state index contributed by atoms with van der Waals surface area (Å²) >= 11 is 1.11. The summed E-state index contributed by atoms with van der Waals surface area (Å²) in [5.41, 5.74) is 3.85. The van der Waals surface area contributed by atoms with Crippen molar-refractivity contribution in [1.82, 2.24) is 20.2 Å². The molecule has 3 saturated heterocycles. The molecular formula is C30H31F4N7OS. The van der Waals surface area contributed by atoms with Gasteiger partial charge in [-0.05, 0) is 49.4 Å². The molecule has 0 radical (unpaired) electrons. The standard InChI is InChI=1S/C25H20F4N6OS.C5H11N/c1-36-24-33-22-13(23(34-24)35-8-11-2-3-12(9-35)32-11)6-16(25(27,28)29)20(21(22)26)15-10-37-18-5-4-17(31)14(7-30)19(15)18;1-5-3-6(2)4-5/h4-6,10-12,32H,2-3,8-9,31H2,1H3;5H,3-4H2,1-2H3. The Morgan fingerprint density at radius 3 is 2.40 bits per heavy atom. The number of alkyl halides is 3. The van der Waals surface area contributed by atoms with Gasteiger partial charge in [-0.1, -0.05) is 6.92 Å². The fourth-order valence-corrected chi connectivity index (χ4v) is 7.40. The number of halogens is 4. The Bertz CT molecular complexity index is 1730. The van der Waals surface area contributed by atoms with Crippen molar-refractivity contribution < 1.29 is 22.3 Å². The van der Waals surface area contributed by atoms with Gasteiger partial charge in [0, 0.05) is 64.9 Å². The minimum absolute atomic E-state index is 0.00128. The van der Waals surface area contributed by atoms with Gasteiger partial charge in [-0.3, -0.25) is 0 Å². The number of benzene rings is 2. The van der Waals surface area contributed by atoms with Crippen molar-refractivity contribution in [2.75, 3.05) is 51.0 Å². The summed E-state index contributed by atoms with van der Waals surface area (Å²) in [6.45, 7) is 5.94. The first kappa shape index (κ1) is 29.3. The highest BCUT2D eigenvalue weighted by atomic mass is 32.1. The van der Waals surface area contributed by atoms with E-state index in [0.717, 1.165) is 36.2 Å². The number of hydrogen-bond acceptors (Lipinski definition) is 9. The van der Waals surface area contributed by atoms with Crippen LogP contribution in [0.5, 0.6) is 6.01 Å². The average molecular weight is 614 g/mol. The third-order valence-corrected chi connectivity index (χ3v) is 9.24. The molecule has 5 heterocycles. The van der Waals surface area contributed by atoms with Crippen LogP contribution in [0.1, 0.15) is 30.9 Å². The molecule has 3 N–H and O–H groups in total. The second-order valence-electron chi connectivity index (χ2n) is 11.6. The summed E-state index contributed by atoms with van der Waals surface area (Å²) < 4.78 is 65.6. The second kappa shape index (κ2) is 11.1. The zero-order valence-electron chi connectivity index (χ0n) is 23.9. The van der Waals surface area contributed by atoms with Crippen molar-refractivity contribution in [3.63, 3.8) is 0 Å². The monoisotopic (exact) mass is 613 g/mol. The number of methoxy groups -OCH3 is 1. The Labute approximate surface area is 250 Å². The molecule has 3 fully saturated rings. The molecule has 2 aromatic carbocycles. The van der Waals surface area contributed by atoms with E-state index in [1.54, 1.807) is 6.07 Å². The molecule has 2 aromatic heterocycles. The number of fused-ring (bicyclic) bond motifs is 4. The molecule has 3 aliphatic heterocycles. The molecule has 4 aromatic rings. The minimum atomic E-state index is -4.90. The first-order valence-electron chi connectivity index (χ1n) is 14.0. The zero-order valence-corrected chi connectivity index (χ0v) is 24.7. The molecule has 0 spiro atoms. The molecule has 3 aliphatic rings. The number of nitrogens with zero attached hydrogens (tertiary/aromatic N) is 5. The van der Waals surface area contributed by atoms with Gasteiger partial charge in [-0.2, -0.15) is 28.4 Å².